The summed E-state index contributed by atoms with van der Waals surface area (Å²) in [6, 6.07) is 0.650. The van der Waals surface area contributed by atoms with Crippen LogP contribution in [0.15, 0.2) is 18.9 Å². The maximum absolute atomic E-state index is 5.85. The molecule has 1 aromatic rings. The van der Waals surface area contributed by atoms with Gasteiger partial charge in [0.15, 0.2) is 0 Å². The van der Waals surface area contributed by atoms with Gasteiger partial charge in [-0.1, -0.05) is 6.08 Å². The lowest BCUT2D eigenvalue weighted by Crippen LogP contribution is -2.13. The van der Waals surface area contributed by atoms with Gasteiger partial charge < -0.3 is 10.5 Å². The third-order valence-corrected chi connectivity index (χ3v) is 2.42. The number of hydrogen-bond acceptors (Lipinski definition) is 3. The number of nitrogens with zero attached hydrogens (tertiary/aromatic N) is 2. The third kappa shape index (κ3) is 3.10. The smallest absolute Gasteiger partial charge is 0.296 e. The lowest BCUT2D eigenvalue weighted by Gasteiger charge is -2.11. The molecule has 1 heterocycles. The monoisotopic (exact) mass is 223 g/mol. The minimum Gasteiger partial charge on any atom is -0.465 e. The Hall–Kier alpha value is -1.29. The summed E-state index contributed by atoms with van der Waals surface area (Å²) in [4.78, 5) is 4.24. The van der Waals surface area contributed by atoms with Gasteiger partial charge >= 0.3 is 0 Å². The molecule has 0 saturated carbocycles. The fourth-order valence-electron chi connectivity index (χ4n) is 1.56. The van der Waals surface area contributed by atoms with Gasteiger partial charge in [-0.2, -0.15) is 0 Å². The van der Waals surface area contributed by atoms with Crippen molar-refractivity contribution in [2.75, 3.05) is 6.61 Å². The fraction of sp³-hybridized carbons (Fsp3) is 0.583. The van der Waals surface area contributed by atoms with Crippen LogP contribution in [0.3, 0.4) is 0 Å². The number of aromatic nitrogens is 2. The second-order valence-corrected chi connectivity index (χ2v) is 3.78. The highest BCUT2D eigenvalue weighted by molar-refractivity contribution is 5.12. The summed E-state index contributed by atoms with van der Waals surface area (Å²) in [5.74, 6) is 0. The van der Waals surface area contributed by atoms with E-state index in [1.54, 1.807) is 6.20 Å². The van der Waals surface area contributed by atoms with E-state index in [0.29, 0.717) is 12.6 Å². The molecule has 0 bridgehead atoms. The lowest BCUT2D eigenvalue weighted by atomic mass is 10.3. The molecule has 0 aliphatic rings. The van der Waals surface area contributed by atoms with Gasteiger partial charge in [-0.25, -0.2) is 4.98 Å². The summed E-state index contributed by atoms with van der Waals surface area (Å²) in [5.41, 5.74) is 6.87. The molecule has 0 fully saturated rings. The summed E-state index contributed by atoms with van der Waals surface area (Å²) in [7, 11) is 0. The van der Waals surface area contributed by atoms with Crippen LogP contribution < -0.4 is 10.5 Å². The van der Waals surface area contributed by atoms with Crippen molar-refractivity contribution in [2.24, 2.45) is 5.73 Å². The van der Waals surface area contributed by atoms with Gasteiger partial charge in [-0.05, 0) is 26.7 Å². The number of nitrogens with two attached hydrogens (primary N) is 1. The Kier molecular flexibility index (Phi) is 5.05. The first-order valence-electron chi connectivity index (χ1n) is 5.75. The summed E-state index contributed by atoms with van der Waals surface area (Å²) in [6.45, 7) is 9.18. The molecule has 0 saturated heterocycles. The standard InChI is InChI=1S/C12H21N3O/c1-4-6-7-8-16-12-14-9-11(10(3)13)15(12)5-2/h4,9-10H,1,5-8,13H2,2-3H3. The molecular weight excluding hydrogens is 202 g/mol. The first-order valence-corrected chi connectivity index (χ1v) is 5.75. The van der Waals surface area contributed by atoms with Crippen molar-refractivity contribution in [3.8, 4) is 6.01 Å². The highest BCUT2D eigenvalue weighted by Crippen LogP contribution is 2.17. The minimum atomic E-state index is -0.0158. The fourth-order valence-corrected chi connectivity index (χ4v) is 1.56. The Morgan fingerprint density at radius 3 is 3.00 bits per heavy atom. The van der Waals surface area contributed by atoms with Crippen LogP contribution in [-0.2, 0) is 6.54 Å². The number of ether oxygens (including phenoxy) is 1. The van der Waals surface area contributed by atoms with Crippen molar-refractivity contribution in [3.05, 3.63) is 24.5 Å². The Morgan fingerprint density at radius 2 is 2.44 bits per heavy atom. The molecule has 0 aliphatic heterocycles. The van der Waals surface area contributed by atoms with E-state index in [1.807, 2.05) is 17.6 Å². The average molecular weight is 223 g/mol. The summed E-state index contributed by atoms with van der Waals surface area (Å²) < 4.78 is 7.62. The van der Waals surface area contributed by atoms with Crippen LogP contribution in [0.2, 0.25) is 0 Å². The summed E-state index contributed by atoms with van der Waals surface area (Å²) in [5, 5.41) is 0. The Labute approximate surface area is 97.1 Å². The topological polar surface area (TPSA) is 53.1 Å². The van der Waals surface area contributed by atoms with E-state index in [2.05, 4.69) is 18.5 Å². The van der Waals surface area contributed by atoms with Crippen LogP contribution in [0.25, 0.3) is 0 Å². The SMILES string of the molecule is C=CCCCOc1ncc(C(C)N)n1CC. The van der Waals surface area contributed by atoms with E-state index in [4.69, 9.17) is 10.5 Å². The number of imidazole rings is 1. The van der Waals surface area contributed by atoms with Gasteiger partial charge in [0.1, 0.15) is 0 Å². The zero-order valence-corrected chi connectivity index (χ0v) is 10.1. The molecule has 1 unspecified atom stereocenters. The van der Waals surface area contributed by atoms with Gasteiger partial charge in [0.2, 0.25) is 0 Å². The molecule has 0 radical (unpaired) electrons. The van der Waals surface area contributed by atoms with Gasteiger partial charge in [0.25, 0.3) is 6.01 Å². The van der Waals surface area contributed by atoms with Crippen molar-refractivity contribution in [3.63, 3.8) is 0 Å². The molecule has 1 atom stereocenters. The van der Waals surface area contributed by atoms with E-state index in [9.17, 15) is 0 Å². The predicted octanol–water partition coefficient (Wildman–Crippen LogP) is 2.27. The highest BCUT2D eigenvalue weighted by Gasteiger charge is 2.12. The largest absolute Gasteiger partial charge is 0.465 e. The van der Waals surface area contributed by atoms with Crippen molar-refractivity contribution in [1.29, 1.82) is 0 Å². The van der Waals surface area contributed by atoms with Crippen LogP contribution in [-0.4, -0.2) is 16.2 Å². The maximum Gasteiger partial charge on any atom is 0.296 e. The molecule has 16 heavy (non-hydrogen) atoms. The molecule has 90 valence electrons. The van der Waals surface area contributed by atoms with Crippen molar-refractivity contribution >= 4 is 0 Å². The van der Waals surface area contributed by atoms with Crippen molar-refractivity contribution in [1.82, 2.24) is 9.55 Å². The average Bonchev–Trinajstić information content (AvgIpc) is 2.67. The summed E-state index contributed by atoms with van der Waals surface area (Å²) in [6.07, 6.45) is 5.61. The predicted molar refractivity (Wildman–Crippen MR) is 65.4 cm³/mol. The van der Waals surface area contributed by atoms with Gasteiger partial charge in [-0.3, -0.25) is 4.57 Å². The lowest BCUT2D eigenvalue weighted by molar-refractivity contribution is 0.273. The van der Waals surface area contributed by atoms with Crippen LogP contribution in [0.1, 0.15) is 38.4 Å². The minimum absolute atomic E-state index is 0.0158. The zero-order valence-electron chi connectivity index (χ0n) is 10.1. The number of allylic oxidation sites excluding steroid dienone is 1. The van der Waals surface area contributed by atoms with E-state index in [1.165, 1.54) is 0 Å². The molecule has 1 aromatic heterocycles. The first-order chi connectivity index (χ1) is 7.70. The van der Waals surface area contributed by atoms with E-state index >= 15 is 0 Å². The van der Waals surface area contributed by atoms with Crippen LogP contribution >= 0.6 is 0 Å². The Morgan fingerprint density at radius 1 is 1.69 bits per heavy atom. The number of hydrogen-bond donors (Lipinski definition) is 1. The van der Waals surface area contributed by atoms with E-state index < -0.39 is 0 Å². The molecular formula is C12H21N3O. The highest BCUT2D eigenvalue weighted by atomic mass is 16.5. The molecule has 0 aromatic carbocycles. The van der Waals surface area contributed by atoms with Crippen molar-refractivity contribution in [2.45, 2.75) is 39.3 Å². The third-order valence-electron chi connectivity index (χ3n) is 2.42. The van der Waals surface area contributed by atoms with Gasteiger partial charge in [0, 0.05) is 12.6 Å². The first kappa shape index (κ1) is 12.8. The maximum atomic E-state index is 5.85. The summed E-state index contributed by atoms with van der Waals surface area (Å²) >= 11 is 0. The molecule has 4 nitrogen and oxygen atoms in total. The molecule has 0 amide bonds. The molecule has 1 rings (SSSR count). The van der Waals surface area contributed by atoms with Gasteiger partial charge in [-0.15, -0.1) is 6.58 Å². The number of unbranched alkanes of at least 4 members (excludes halogenated alkanes) is 1. The van der Waals surface area contributed by atoms with Crippen LogP contribution in [0.5, 0.6) is 6.01 Å². The Balaban J connectivity index is 2.62. The molecule has 4 heteroatoms. The molecule has 0 aliphatic carbocycles. The molecule has 0 spiro atoms. The quantitative estimate of drug-likeness (QED) is 0.570. The van der Waals surface area contributed by atoms with Crippen molar-refractivity contribution < 1.29 is 4.74 Å². The number of rotatable bonds is 7. The van der Waals surface area contributed by atoms with Crippen LogP contribution in [0, 0.1) is 0 Å². The zero-order chi connectivity index (χ0) is 12.0. The van der Waals surface area contributed by atoms with Crippen LogP contribution in [0.4, 0.5) is 0 Å². The van der Waals surface area contributed by atoms with E-state index in [0.717, 1.165) is 25.1 Å². The second kappa shape index (κ2) is 6.33. The van der Waals surface area contributed by atoms with E-state index in [-0.39, 0.29) is 6.04 Å². The normalized spacial score (nSPS) is 12.4. The van der Waals surface area contributed by atoms with Gasteiger partial charge in [0.05, 0.1) is 18.5 Å². The Bertz CT molecular complexity index is 331. The molecule has 2 N–H and O–H groups in total. The second-order valence-electron chi connectivity index (χ2n) is 3.78.